The molecule has 1 unspecified atom stereocenters. The van der Waals surface area contributed by atoms with Crippen LogP contribution in [0.5, 0.6) is 0 Å². The van der Waals surface area contributed by atoms with Gasteiger partial charge in [-0.3, -0.25) is 4.79 Å². The normalized spacial score (nSPS) is 12.4. The third-order valence-corrected chi connectivity index (χ3v) is 4.42. The molecule has 0 amide bonds. The van der Waals surface area contributed by atoms with Gasteiger partial charge in [0.05, 0.1) is 22.4 Å². The van der Waals surface area contributed by atoms with Crippen LogP contribution in [0.25, 0.3) is 0 Å². The van der Waals surface area contributed by atoms with Gasteiger partial charge in [-0.1, -0.05) is 6.92 Å². The number of aromatic nitrogens is 2. The van der Waals surface area contributed by atoms with Crippen molar-refractivity contribution in [2.75, 3.05) is 5.32 Å². The summed E-state index contributed by atoms with van der Waals surface area (Å²) in [5, 5.41) is 4.53. The molecule has 0 fully saturated rings. The van der Waals surface area contributed by atoms with E-state index in [0.717, 1.165) is 29.4 Å². The molecule has 0 aliphatic carbocycles. The molecular formula is C15H21N3OS. The molecule has 0 saturated heterocycles. The molecule has 4 nitrogen and oxygen atoms in total. The van der Waals surface area contributed by atoms with Gasteiger partial charge in [0.25, 0.3) is 5.56 Å². The molecule has 2 rings (SSSR count). The Balaban J connectivity index is 2.19. The predicted octanol–water partition coefficient (Wildman–Crippen LogP) is 3.50. The lowest BCUT2D eigenvalue weighted by molar-refractivity contribution is 0.654. The van der Waals surface area contributed by atoms with Gasteiger partial charge in [-0.05, 0) is 33.3 Å². The number of rotatable bonds is 5. The number of hydrogen-bond donors (Lipinski definition) is 1. The van der Waals surface area contributed by atoms with E-state index in [0.29, 0.717) is 0 Å². The molecule has 0 aliphatic rings. The van der Waals surface area contributed by atoms with Crippen LogP contribution in [0.2, 0.25) is 0 Å². The van der Waals surface area contributed by atoms with Crippen molar-refractivity contribution in [3.8, 4) is 0 Å². The first-order valence-corrected chi connectivity index (χ1v) is 7.74. The molecule has 0 radical (unpaired) electrons. The monoisotopic (exact) mass is 291 g/mol. The van der Waals surface area contributed by atoms with Crippen molar-refractivity contribution >= 4 is 17.0 Å². The van der Waals surface area contributed by atoms with Gasteiger partial charge in [0.15, 0.2) is 0 Å². The Morgan fingerprint density at radius 2 is 2.15 bits per heavy atom. The maximum absolute atomic E-state index is 11.7. The molecular weight excluding hydrogens is 270 g/mol. The minimum absolute atomic E-state index is 0.0508. The van der Waals surface area contributed by atoms with E-state index in [9.17, 15) is 4.79 Å². The minimum Gasteiger partial charge on any atom is -0.376 e. The number of thiazole rings is 1. The summed E-state index contributed by atoms with van der Waals surface area (Å²) in [6.07, 6.45) is 2.84. The Kier molecular flexibility index (Phi) is 4.60. The molecule has 1 atom stereocenters. The number of hydrogen-bond acceptors (Lipinski definition) is 4. The lowest BCUT2D eigenvalue weighted by Crippen LogP contribution is -2.19. The average Bonchev–Trinajstić information content (AvgIpc) is 2.73. The zero-order chi connectivity index (χ0) is 14.7. The van der Waals surface area contributed by atoms with E-state index in [4.69, 9.17) is 0 Å². The summed E-state index contributed by atoms with van der Waals surface area (Å²) in [6.45, 7) is 9.00. The number of aryl methyl sites for hydroxylation is 3. The first-order chi connectivity index (χ1) is 9.51. The van der Waals surface area contributed by atoms with Crippen LogP contribution < -0.4 is 10.9 Å². The lowest BCUT2D eigenvalue weighted by atomic mass is 10.2. The summed E-state index contributed by atoms with van der Waals surface area (Å²) >= 11 is 1.72. The molecule has 0 saturated carbocycles. The highest BCUT2D eigenvalue weighted by molar-refractivity contribution is 7.11. The van der Waals surface area contributed by atoms with Gasteiger partial charge in [-0.25, -0.2) is 4.98 Å². The van der Waals surface area contributed by atoms with Crippen LogP contribution in [0, 0.1) is 13.8 Å². The van der Waals surface area contributed by atoms with Crippen molar-refractivity contribution in [1.29, 1.82) is 0 Å². The van der Waals surface area contributed by atoms with Crippen LogP contribution in [-0.4, -0.2) is 9.55 Å². The Morgan fingerprint density at radius 3 is 2.75 bits per heavy atom. The van der Waals surface area contributed by atoms with Crippen molar-refractivity contribution in [2.45, 2.75) is 46.7 Å². The highest BCUT2D eigenvalue weighted by Gasteiger charge is 2.13. The maximum Gasteiger partial charge on any atom is 0.250 e. The summed E-state index contributed by atoms with van der Waals surface area (Å²) in [5.41, 5.74) is 2.10. The highest BCUT2D eigenvalue weighted by Crippen LogP contribution is 2.27. The van der Waals surface area contributed by atoms with Crippen LogP contribution in [0.3, 0.4) is 0 Å². The van der Waals surface area contributed by atoms with E-state index < -0.39 is 0 Å². The van der Waals surface area contributed by atoms with Crippen molar-refractivity contribution in [2.24, 2.45) is 0 Å². The molecule has 108 valence electrons. The largest absolute Gasteiger partial charge is 0.376 e. The van der Waals surface area contributed by atoms with Crippen LogP contribution in [0.1, 0.15) is 41.9 Å². The third kappa shape index (κ3) is 3.28. The van der Waals surface area contributed by atoms with Gasteiger partial charge in [-0.15, -0.1) is 11.3 Å². The van der Waals surface area contributed by atoms with Crippen LogP contribution in [0.15, 0.2) is 23.1 Å². The van der Waals surface area contributed by atoms with Gasteiger partial charge in [0.2, 0.25) is 0 Å². The van der Waals surface area contributed by atoms with E-state index in [1.54, 1.807) is 22.0 Å². The van der Waals surface area contributed by atoms with Crippen LogP contribution in [0.4, 0.5) is 5.69 Å². The van der Waals surface area contributed by atoms with Gasteiger partial charge in [0, 0.05) is 23.7 Å². The average molecular weight is 291 g/mol. The third-order valence-electron chi connectivity index (χ3n) is 3.16. The van der Waals surface area contributed by atoms with Gasteiger partial charge < -0.3 is 9.88 Å². The minimum atomic E-state index is 0.0508. The summed E-state index contributed by atoms with van der Waals surface area (Å²) in [4.78, 5) is 17.4. The van der Waals surface area contributed by atoms with Crippen LogP contribution in [-0.2, 0) is 6.54 Å². The fourth-order valence-corrected chi connectivity index (χ4v) is 3.23. The van der Waals surface area contributed by atoms with Gasteiger partial charge >= 0.3 is 0 Å². The van der Waals surface area contributed by atoms with Crippen molar-refractivity contribution < 1.29 is 0 Å². The predicted molar refractivity (Wildman–Crippen MR) is 84.6 cm³/mol. The number of nitrogens with one attached hydrogen (secondary N) is 1. The Bertz CT molecular complexity index is 645. The van der Waals surface area contributed by atoms with E-state index in [-0.39, 0.29) is 11.6 Å². The van der Waals surface area contributed by atoms with Crippen molar-refractivity contribution in [1.82, 2.24) is 9.55 Å². The zero-order valence-corrected chi connectivity index (χ0v) is 13.3. The molecule has 0 aromatic carbocycles. The molecule has 20 heavy (non-hydrogen) atoms. The number of pyridine rings is 1. The summed E-state index contributed by atoms with van der Waals surface area (Å²) in [6, 6.07) is 3.65. The fraction of sp³-hybridized carbons (Fsp3) is 0.467. The first-order valence-electron chi connectivity index (χ1n) is 6.92. The second-order valence-electron chi connectivity index (χ2n) is 5.00. The molecule has 0 spiro atoms. The molecule has 0 bridgehead atoms. The maximum atomic E-state index is 11.7. The smallest absolute Gasteiger partial charge is 0.250 e. The van der Waals surface area contributed by atoms with Gasteiger partial charge in [-0.2, -0.15) is 0 Å². The van der Waals surface area contributed by atoms with Crippen LogP contribution >= 0.6 is 11.3 Å². The summed E-state index contributed by atoms with van der Waals surface area (Å²) in [7, 11) is 0. The zero-order valence-electron chi connectivity index (χ0n) is 12.4. The topological polar surface area (TPSA) is 46.9 Å². The van der Waals surface area contributed by atoms with E-state index >= 15 is 0 Å². The van der Waals surface area contributed by atoms with Crippen molar-refractivity contribution in [3.63, 3.8) is 0 Å². The van der Waals surface area contributed by atoms with Gasteiger partial charge in [0.1, 0.15) is 0 Å². The summed E-state index contributed by atoms with van der Waals surface area (Å²) < 4.78 is 1.75. The number of nitrogens with zero attached hydrogens (tertiary/aromatic N) is 2. The molecule has 2 aromatic rings. The SMILES string of the molecule is CCCn1cc(NC(C)c2sc(C)nc2C)ccc1=O. The second-order valence-corrected chi connectivity index (χ2v) is 6.23. The molecule has 2 heterocycles. The first kappa shape index (κ1) is 14.8. The molecule has 5 heteroatoms. The molecule has 0 aliphatic heterocycles. The summed E-state index contributed by atoms with van der Waals surface area (Å²) in [5.74, 6) is 0. The Labute approximate surface area is 123 Å². The van der Waals surface area contributed by atoms with Crippen molar-refractivity contribution in [3.05, 3.63) is 44.3 Å². The molecule has 2 aromatic heterocycles. The quantitative estimate of drug-likeness (QED) is 0.917. The lowest BCUT2D eigenvalue weighted by Gasteiger charge is -2.15. The standard InChI is InChI=1S/C15H21N3OS/c1-5-8-18-9-13(6-7-14(18)19)17-11(3)15-10(2)16-12(4)20-15/h6-7,9,11,17H,5,8H2,1-4H3. The second kappa shape index (κ2) is 6.22. The van der Waals surface area contributed by atoms with E-state index in [1.165, 1.54) is 4.88 Å². The van der Waals surface area contributed by atoms with E-state index in [1.807, 2.05) is 26.1 Å². The highest BCUT2D eigenvalue weighted by atomic mass is 32.1. The fourth-order valence-electron chi connectivity index (χ4n) is 2.30. The molecule has 1 N–H and O–H groups in total. The Hall–Kier alpha value is -1.62. The number of anilines is 1. The van der Waals surface area contributed by atoms with E-state index in [2.05, 4.69) is 24.1 Å². The Morgan fingerprint density at radius 1 is 1.40 bits per heavy atom.